The Kier molecular flexibility index (Phi) is 8.56. The predicted molar refractivity (Wildman–Crippen MR) is 183 cm³/mol. The van der Waals surface area contributed by atoms with Gasteiger partial charge in [-0.3, -0.25) is 23.6 Å². The van der Waals surface area contributed by atoms with E-state index in [1.54, 1.807) is 60.7 Å². The second kappa shape index (κ2) is 12.6. The first-order chi connectivity index (χ1) is 23.9. The summed E-state index contributed by atoms with van der Waals surface area (Å²) in [7, 11) is -9.92. The maximum Gasteiger partial charge on any atom is 0.335 e. The SMILES string of the molecule is Nc1c(S(=O)(=O)O)cc2c3c(cc(S(=O)(=O)O)cc13)C(=O)N(Cc1ccc(/C=C/c3ccc(-c4cc(C(=O)O)cc(C(=O)O)c4)cc3)cc1)C2=O. The van der Waals surface area contributed by atoms with Gasteiger partial charge in [0, 0.05) is 10.8 Å². The summed E-state index contributed by atoms with van der Waals surface area (Å²) in [5, 5.41) is 18.2. The minimum Gasteiger partial charge on any atom is -0.478 e. The zero-order chi connectivity index (χ0) is 37.0. The lowest BCUT2D eigenvalue weighted by atomic mass is 9.92. The lowest BCUT2D eigenvalue weighted by Crippen LogP contribution is -2.40. The van der Waals surface area contributed by atoms with Gasteiger partial charge in [0.15, 0.2) is 0 Å². The highest BCUT2D eigenvalue weighted by Gasteiger charge is 2.36. The third-order valence-corrected chi connectivity index (χ3v) is 9.92. The Balaban J connectivity index is 1.25. The molecule has 0 atom stereocenters. The molecule has 1 aliphatic heterocycles. The van der Waals surface area contributed by atoms with Crippen LogP contribution in [0.15, 0.2) is 94.7 Å². The minimum atomic E-state index is -5.00. The van der Waals surface area contributed by atoms with E-state index < -0.39 is 59.5 Å². The number of hydrogen-bond donors (Lipinski definition) is 5. The average molecular weight is 729 g/mol. The molecule has 0 aromatic heterocycles. The van der Waals surface area contributed by atoms with E-state index in [0.717, 1.165) is 40.3 Å². The number of amides is 2. The van der Waals surface area contributed by atoms with Gasteiger partial charge >= 0.3 is 11.9 Å². The minimum absolute atomic E-state index is 0.133. The second-order valence-corrected chi connectivity index (χ2v) is 14.3. The predicted octanol–water partition coefficient (Wildman–Crippen LogP) is 4.95. The number of carbonyl (C=O) groups excluding carboxylic acids is 2. The van der Waals surface area contributed by atoms with Crippen molar-refractivity contribution in [3.05, 3.63) is 124 Å². The number of carboxylic acids is 2. The molecule has 0 fully saturated rings. The third-order valence-electron chi connectivity index (χ3n) is 8.20. The molecule has 14 nitrogen and oxygen atoms in total. The first kappa shape index (κ1) is 34.7. The highest BCUT2D eigenvalue weighted by atomic mass is 32.2. The van der Waals surface area contributed by atoms with Crippen molar-refractivity contribution in [2.45, 2.75) is 16.3 Å². The number of nitrogens with zero attached hydrogens (tertiary/aromatic N) is 1. The van der Waals surface area contributed by atoms with E-state index >= 15 is 0 Å². The van der Waals surface area contributed by atoms with Crippen molar-refractivity contribution in [3.8, 4) is 11.1 Å². The molecule has 258 valence electrons. The molecule has 0 bridgehead atoms. The second-order valence-electron chi connectivity index (χ2n) is 11.5. The standard InChI is InChI=1S/C35H24N2O12S2/c36-31-26-14-25(50(44,45)46)15-27-30(26)28(16-29(31)51(47,48)49)33(39)37(32(27)38)17-20-5-3-18(4-6-20)1-2-19-7-9-21(10-8-19)22-11-23(34(40)41)13-24(12-22)35(42)43/h1-16H,17,36H2,(H,40,41)(H,42,43)(H,44,45,46)(H,47,48,49)/b2-1+. The summed E-state index contributed by atoms with van der Waals surface area (Å²) in [4.78, 5) is 49.2. The largest absolute Gasteiger partial charge is 0.478 e. The van der Waals surface area contributed by atoms with Crippen LogP contribution in [0.4, 0.5) is 5.69 Å². The van der Waals surface area contributed by atoms with Crippen molar-refractivity contribution < 1.29 is 55.3 Å². The fourth-order valence-electron chi connectivity index (χ4n) is 5.70. The van der Waals surface area contributed by atoms with Gasteiger partial charge in [0.1, 0.15) is 4.90 Å². The number of aromatic carboxylic acids is 2. The first-order valence-corrected chi connectivity index (χ1v) is 17.5. The highest BCUT2D eigenvalue weighted by molar-refractivity contribution is 7.86. The summed E-state index contributed by atoms with van der Waals surface area (Å²) in [6.07, 6.45) is 3.56. The van der Waals surface area contributed by atoms with Gasteiger partial charge in [-0.15, -0.1) is 0 Å². The number of rotatable bonds is 9. The first-order valence-electron chi connectivity index (χ1n) is 14.6. The summed E-state index contributed by atoms with van der Waals surface area (Å²) >= 11 is 0. The van der Waals surface area contributed by atoms with E-state index in [4.69, 9.17) is 5.73 Å². The molecule has 0 saturated carbocycles. The van der Waals surface area contributed by atoms with Gasteiger partial charge in [0.05, 0.1) is 39.4 Å². The van der Waals surface area contributed by atoms with E-state index in [0.29, 0.717) is 16.7 Å². The Morgan fingerprint density at radius 3 is 1.67 bits per heavy atom. The average Bonchev–Trinajstić information content (AvgIpc) is 3.08. The summed E-state index contributed by atoms with van der Waals surface area (Å²) < 4.78 is 67.6. The number of nitrogens with two attached hydrogens (primary N) is 1. The number of imide groups is 1. The normalized spacial score (nSPS) is 13.3. The zero-order valence-electron chi connectivity index (χ0n) is 25.8. The Labute approximate surface area is 289 Å². The van der Waals surface area contributed by atoms with Crippen molar-refractivity contribution in [1.29, 1.82) is 0 Å². The number of benzene rings is 5. The van der Waals surface area contributed by atoms with Crippen LogP contribution < -0.4 is 5.73 Å². The molecule has 0 spiro atoms. The smallest absolute Gasteiger partial charge is 0.335 e. The van der Waals surface area contributed by atoms with Crippen molar-refractivity contribution in [2.24, 2.45) is 0 Å². The van der Waals surface area contributed by atoms with Crippen LogP contribution in [0.5, 0.6) is 0 Å². The lowest BCUT2D eigenvalue weighted by Gasteiger charge is -2.28. The Morgan fingerprint density at radius 2 is 1.18 bits per heavy atom. The molecule has 0 radical (unpaired) electrons. The Hall–Kier alpha value is -6.20. The molecule has 5 aromatic carbocycles. The summed E-state index contributed by atoms with van der Waals surface area (Å²) in [5.41, 5.74) is 7.33. The number of carboxylic acid groups (broad SMARTS) is 2. The summed E-state index contributed by atoms with van der Waals surface area (Å²) in [6, 6.07) is 19.9. The topological polar surface area (TPSA) is 247 Å². The maximum atomic E-state index is 13.6. The Morgan fingerprint density at radius 1 is 0.667 bits per heavy atom. The zero-order valence-corrected chi connectivity index (χ0v) is 27.5. The molecule has 1 heterocycles. The summed E-state index contributed by atoms with van der Waals surface area (Å²) in [5.74, 6) is -4.36. The monoisotopic (exact) mass is 728 g/mol. The van der Waals surface area contributed by atoms with E-state index in [2.05, 4.69) is 0 Å². The number of hydrogen-bond acceptors (Lipinski definition) is 9. The molecule has 6 N–H and O–H groups in total. The van der Waals surface area contributed by atoms with Crippen LogP contribution in [0.25, 0.3) is 34.1 Å². The lowest BCUT2D eigenvalue weighted by molar-refractivity contribution is 0.0594. The van der Waals surface area contributed by atoms with E-state index in [1.165, 1.54) is 12.1 Å². The van der Waals surface area contributed by atoms with Gasteiger partial charge in [0.2, 0.25) is 0 Å². The number of anilines is 1. The molecular weight excluding hydrogens is 705 g/mol. The van der Waals surface area contributed by atoms with Crippen LogP contribution in [0.2, 0.25) is 0 Å². The van der Waals surface area contributed by atoms with Crippen LogP contribution in [0.1, 0.15) is 58.1 Å². The molecule has 0 unspecified atom stereocenters. The molecule has 51 heavy (non-hydrogen) atoms. The quantitative estimate of drug-likeness (QED) is 0.0584. The molecule has 5 aromatic rings. The van der Waals surface area contributed by atoms with Gasteiger partial charge in [-0.05, 0) is 64.2 Å². The highest BCUT2D eigenvalue weighted by Crippen LogP contribution is 2.39. The van der Waals surface area contributed by atoms with E-state index in [-0.39, 0.29) is 39.6 Å². The molecule has 1 aliphatic rings. The van der Waals surface area contributed by atoms with Gasteiger partial charge < -0.3 is 15.9 Å². The molecule has 2 amide bonds. The van der Waals surface area contributed by atoms with Crippen molar-refractivity contribution in [3.63, 3.8) is 0 Å². The Bertz CT molecular complexity index is 2540. The molecule has 16 heteroatoms. The van der Waals surface area contributed by atoms with E-state index in [9.17, 15) is 55.3 Å². The van der Waals surface area contributed by atoms with Crippen molar-refractivity contribution in [2.75, 3.05) is 5.73 Å². The molecule has 6 rings (SSSR count). The number of nitrogen functional groups attached to an aromatic ring is 1. The van der Waals surface area contributed by atoms with Gasteiger partial charge in [-0.1, -0.05) is 60.7 Å². The van der Waals surface area contributed by atoms with Crippen molar-refractivity contribution >= 4 is 72.6 Å². The van der Waals surface area contributed by atoms with Gasteiger partial charge in [0.25, 0.3) is 32.1 Å². The fraction of sp³-hybridized carbons (Fsp3) is 0.0286. The summed E-state index contributed by atoms with van der Waals surface area (Å²) in [6.45, 7) is -0.307. The molecular formula is C35H24N2O12S2. The van der Waals surface area contributed by atoms with Gasteiger partial charge in [-0.2, -0.15) is 16.8 Å². The number of carbonyl (C=O) groups is 4. The fourth-order valence-corrected chi connectivity index (χ4v) is 6.88. The third kappa shape index (κ3) is 6.71. The van der Waals surface area contributed by atoms with Gasteiger partial charge in [-0.25, -0.2) is 9.59 Å². The molecule has 0 aliphatic carbocycles. The molecule has 0 saturated heterocycles. The van der Waals surface area contributed by atoms with Crippen LogP contribution in [0, 0.1) is 0 Å². The van der Waals surface area contributed by atoms with Crippen molar-refractivity contribution in [1.82, 2.24) is 4.90 Å². The van der Waals surface area contributed by atoms with Crippen LogP contribution >= 0.6 is 0 Å². The van der Waals surface area contributed by atoms with Crippen LogP contribution in [-0.2, 0) is 26.8 Å². The van der Waals surface area contributed by atoms with Crippen LogP contribution in [-0.4, -0.2) is 64.8 Å². The maximum absolute atomic E-state index is 13.6. The van der Waals surface area contributed by atoms with Crippen LogP contribution in [0.3, 0.4) is 0 Å². The van der Waals surface area contributed by atoms with E-state index in [1.807, 2.05) is 0 Å².